The summed E-state index contributed by atoms with van der Waals surface area (Å²) >= 11 is 0. The Bertz CT molecular complexity index is 956. The number of aromatic nitrogens is 1. The maximum atomic E-state index is 14.2. The SMILES string of the molecule is [C-]#[N+]c1ccc2c(ccn2-c2cc(N)c([N+](=O)[O-])cc2F)c1. The van der Waals surface area contributed by atoms with Crippen molar-refractivity contribution in [3.63, 3.8) is 0 Å². The second-order valence-corrected chi connectivity index (χ2v) is 4.66. The van der Waals surface area contributed by atoms with Gasteiger partial charge in [-0.3, -0.25) is 10.1 Å². The van der Waals surface area contributed by atoms with E-state index in [1.807, 2.05) is 0 Å². The number of nitro benzene ring substituents is 1. The summed E-state index contributed by atoms with van der Waals surface area (Å²) in [6.07, 6.45) is 1.63. The molecule has 0 bridgehead atoms. The van der Waals surface area contributed by atoms with E-state index in [9.17, 15) is 14.5 Å². The van der Waals surface area contributed by atoms with Crippen LogP contribution in [0.5, 0.6) is 0 Å². The molecule has 3 aromatic rings. The standard InChI is InChI=1S/C15H9FN4O2/c1-18-10-2-3-13-9(6-10)4-5-19(13)14-8-12(17)15(20(21)22)7-11(14)16/h2-8H,17H2. The van der Waals surface area contributed by atoms with Crippen molar-refractivity contribution in [2.24, 2.45) is 0 Å². The van der Waals surface area contributed by atoms with Crippen molar-refractivity contribution in [1.29, 1.82) is 0 Å². The number of nitro groups is 1. The van der Waals surface area contributed by atoms with E-state index in [2.05, 4.69) is 4.85 Å². The molecule has 0 fully saturated rings. The molecule has 2 aromatic carbocycles. The molecule has 1 heterocycles. The summed E-state index contributed by atoms with van der Waals surface area (Å²) in [7, 11) is 0. The van der Waals surface area contributed by atoms with Crippen molar-refractivity contribution in [3.8, 4) is 5.69 Å². The third-order valence-electron chi connectivity index (χ3n) is 3.36. The molecule has 0 aliphatic rings. The Kier molecular flexibility index (Phi) is 3.00. The molecule has 0 spiro atoms. The van der Waals surface area contributed by atoms with Gasteiger partial charge in [0.2, 0.25) is 0 Å². The first kappa shape index (κ1) is 13.6. The van der Waals surface area contributed by atoms with Gasteiger partial charge in [-0.1, -0.05) is 6.07 Å². The highest BCUT2D eigenvalue weighted by atomic mass is 19.1. The fraction of sp³-hybridized carbons (Fsp3) is 0. The minimum atomic E-state index is -0.743. The minimum absolute atomic E-state index is 0.110. The van der Waals surface area contributed by atoms with Crippen molar-refractivity contribution >= 4 is 28.0 Å². The van der Waals surface area contributed by atoms with Gasteiger partial charge >= 0.3 is 0 Å². The Hall–Kier alpha value is -3.40. The van der Waals surface area contributed by atoms with Gasteiger partial charge in [-0.25, -0.2) is 9.24 Å². The molecule has 1 aromatic heterocycles. The molecular weight excluding hydrogens is 287 g/mol. The average molecular weight is 296 g/mol. The largest absolute Gasteiger partial charge is 0.393 e. The van der Waals surface area contributed by atoms with Crippen molar-refractivity contribution in [1.82, 2.24) is 4.57 Å². The molecule has 22 heavy (non-hydrogen) atoms. The molecule has 0 unspecified atom stereocenters. The van der Waals surface area contributed by atoms with Crippen molar-refractivity contribution < 1.29 is 9.31 Å². The van der Waals surface area contributed by atoms with Crippen LogP contribution >= 0.6 is 0 Å². The van der Waals surface area contributed by atoms with Gasteiger partial charge in [0.1, 0.15) is 5.69 Å². The van der Waals surface area contributed by atoms with E-state index in [1.165, 1.54) is 6.07 Å². The number of nitrogens with zero attached hydrogens (tertiary/aromatic N) is 3. The van der Waals surface area contributed by atoms with Gasteiger partial charge in [-0.2, -0.15) is 0 Å². The lowest BCUT2D eigenvalue weighted by molar-refractivity contribution is -0.384. The predicted molar refractivity (Wildman–Crippen MR) is 80.6 cm³/mol. The monoisotopic (exact) mass is 296 g/mol. The van der Waals surface area contributed by atoms with E-state index in [0.29, 0.717) is 11.2 Å². The number of anilines is 1. The van der Waals surface area contributed by atoms with Crippen LogP contribution in [-0.2, 0) is 0 Å². The number of hydrogen-bond donors (Lipinski definition) is 1. The maximum Gasteiger partial charge on any atom is 0.295 e. The van der Waals surface area contributed by atoms with Crippen LogP contribution in [0.15, 0.2) is 42.6 Å². The third kappa shape index (κ3) is 2.03. The van der Waals surface area contributed by atoms with Crippen LogP contribution in [-0.4, -0.2) is 9.49 Å². The molecule has 2 N–H and O–H groups in total. The number of halogens is 1. The Morgan fingerprint density at radius 3 is 2.73 bits per heavy atom. The molecule has 0 atom stereocenters. The van der Waals surface area contributed by atoms with Gasteiger partial charge < -0.3 is 10.3 Å². The van der Waals surface area contributed by atoms with Crippen LogP contribution in [0.25, 0.3) is 21.4 Å². The molecular formula is C15H9FN4O2. The summed E-state index contributed by atoms with van der Waals surface area (Å²) in [5, 5.41) is 11.5. The van der Waals surface area contributed by atoms with Gasteiger partial charge in [-0.05, 0) is 29.7 Å². The summed E-state index contributed by atoms with van der Waals surface area (Å²) in [5.74, 6) is -0.743. The van der Waals surface area contributed by atoms with Crippen molar-refractivity contribution in [2.45, 2.75) is 0 Å². The minimum Gasteiger partial charge on any atom is -0.393 e. The normalized spacial score (nSPS) is 10.5. The number of fused-ring (bicyclic) bond motifs is 1. The van der Waals surface area contributed by atoms with Crippen molar-refractivity contribution in [3.05, 3.63) is 69.9 Å². The fourth-order valence-corrected chi connectivity index (χ4v) is 2.32. The zero-order chi connectivity index (χ0) is 15.9. The molecule has 0 aliphatic carbocycles. The molecule has 0 saturated heterocycles. The number of nitrogens with two attached hydrogens (primary N) is 1. The lowest BCUT2D eigenvalue weighted by Gasteiger charge is -2.08. The first-order valence-electron chi connectivity index (χ1n) is 6.23. The molecule has 108 valence electrons. The fourth-order valence-electron chi connectivity index (χ4n) is 2.32. The molecule has 7 heteroatoms. The first-order valence-corrected chi connectivity index (χ1v) is 6.23. The number of benzene rings is 2. The van der Waals surface area contributed by atoms with Crippen LogP contribution in [0.1, 0.15) is 0 Å². The summed E-state index contributed by atoms with van der Waals surface area (Å²) in [4.78, 5) is 13.4. The van der Waals surface area contributed by atoms with Crippen LogP contribution in [0, 0.1) is 22.5 Å². The highest BCUT2D eigenvalue weighted by Crippen LogP contribution is 2.30. The molecule has 3 rings (SSSR count). The second-order valence-electron chi connectivity index (χ2n) is 4.66. The molecule has 0 amide bonds. The zero-order valence-corrected chi connectivity index (χ0v) is 11.2. The van der Waals surface area contributed by atoms with E-state index >= 15 is 0 Å². The Morgan fingerprint density at radius 1 is 1.27 bits per heavy atom. The van der Waals surface area contributed by atoms with Gasteiger partial charge in [0.15, 0.2) is 11.5 Å². The van der Waals surface area contributed by atoms with E-state index < -0.39 is 16.4 Å². The van der Waals surface area contributed by atoms with Crippen LogP contribution in [0.4, 0.5) is 21.5 Å². The Labute approximate surface area is 124 Å². The average Bonchev–Trinajstić information content (AvgIpc) is 2.91. The van der Waals surface area contributed by atoms with E-state index in [4.69, 9.17) is 12.3 Å². The Balaban J connectivity index is 2.22. The lowest BCUT2D eigenvalue weighted by atomic mass is 10.2. The molecule has 0 saturated carbocycles. The molecule has 6 nitrogen and oxygen atoms in total. The summed E-state index contributed by atoms with van der Waals surface area (Å²) in [6, 6.07) is 8.78. The van der Waals surface area contributed by atoms with Crippen LogP contribution < -0.4 is 5.73 Å². The van der Waals surface area contributed by atoms with Crippen molar-refractivity contribution in [2.75, 3.05) is 5.73 Å². The van der Waals surface area contributed by atoms with Crippen LogP contribution in [0.3, 0.4) is 0 Å². The van der Waals surface area contributed by atoms with Gasteiger partial charge in [0.05, 0.1) is 28.8 Å². The number of nitrogen functional groups attached to an aromatic ring is 1. The number of rotatable bonds is 2. The van der Waals surface area contributed by atoms with E-state index in [1.54, 1.807) is 35.0 Å². The van der Waals surface area contributed by atoms with Gasteiger partial charge in [0.25, 0.3) is 5.69 Å². The zero-order valence-electron chi connectivity index (χ0n) is 11.2. The van der Waals surface area contributed by atoms with Crippen LogP contribution in [0.2, 0.25) is 0 Å². The third-order valence-corrected chi connectivity index (χ3v) is 3.36. The van der Waals surface area contributed by atoms with Gasteiger partial charge in [0, 0.05) is 6.20 Å². The molecule has 0 aliphatic heterocycles. The molecule has 0 radical (unpaired) electrons. The topological polar surface area (TPSA) is 78.5 Å². The maximum absolute atomic E-state index is 14.2. The number of hydrogen-bond acceptors (Lipinski definition) is 3. The first-order chi connectivity index (χ1) is 10.5. The van der Waals surface area contributed by atoms with E-state index in [-0.39, 0.29) is 11.4 Å². The Morgan fingerprint density at radius 2 is 2.05 bits per heavy atom. The smallest absolute Gasteiger partial charge is 0.295 e. The summed E-state index contributed by atoms with van der Waals surface area (Å²) in [5.41, 5.74) is 6.33. The predicted octanol–water partition coefficient (Wildman–Crippen LogP) is 3.81. The van der Waals surface area contributed by atoms with Gasteiger partial charge in [-0.15, -0.1) is 0 Å². The highest BCUT2D eigenvalue weighted by Gasteiger charge is 2.18. The summed E-state index contributed by atoms with van der Waals surface area (Å²) in [6.45, 7) is 6.99. The van der Waals surface area contributed by atoms with E-state index in [0.717, 1.165) is 11.5 Å². The summed E-state index contributed by atoms with van der Waals surface area (Å²) < 4.78 is 15.7. The second kappa shape index (κ2) is 4.86. The lowest BCUT2D eigenvalue weighted by Crippen LogP contribution is -2.02. The highest BCUT2D eigenvalue weighted by molar-refractivity contribution is 5.85. The quantitative estimate of drug-likeness (QED) is 0.338.